The summed E-state index contributed by atoms with van der Waals surface area (Å²) in [5, 5.41) is 0. The first kappa shape index (κ1) is 19.8. The minimum Gasteiger partial charge on any atom is -0.486 e. The monoisotopic (exact) mass is 429 g/mol. The number of fused-ring (bicyclic) bond motifs is 1. The van der Waals surface area contributed by atoms with Crippen molar-refractivity contribution in [3.8, 4) is 17.2 Å². The quantitative estimate of drug-likeness (QED) is 0.738. The van der Waals surface area contributed by atoms with Gasteiger partial charge in [0.25, 0.3) is 0 Å². The highest BCUT2D eigenvalue weighted by Gasteiger charge is 2.37. The molecule has 29 heavy (non-hydrogen) atoms. The Balaban J connectivity index is 1.59. The third-order valence-electron chi connectivity index (χ3n) is 4.82. The maximum atomic E-state index is 13.1. The fourth-order valence-corrected chi connectivity index (χ4v) is 5.26. The van der Waals surface area contributed by atoms with Crippen molar-refractivity contribution in [2.24, 2.45) is 0 Å². The van der Waals surface area contributed by atoms with E-state index in [1.54, 1.807) is 12.1 Å². The Morgan fingerprint density at radius 3 is 2.38 bits per heavy atom. The van der Waals surface area contributed by atoms with E-state index in [2.05, 4.69) is 4.74 Å². The van der Waals surface area contributed by atoms with Gasteiger partial charge in [0, 0.05) is 6.54 Å². The van der Waals surface area contributed by atoms with Gasteiger partial charge in [0.1, 0.15) is 19.0 Å². The predicted molar refractivity (Wildman–Crippen MR) is 96.4 cm³/mol. The van der Waals surface area contributed by atoms with Crippen molar-refractivity contribution in [1.29, 1.82) is 0 Å². The van der Waals surface area contributed by atoms with Crippen molar-refractivity contribution in [2.45, 2.75) is 30.1 Å². The SMILES string of the molecule is O=S(=O)(c1ccc(OC(F)(F)F)cc1)N1CCCC1c1ccc2c(c1)OCCO2. The molecule has 0 radical (unpaired) electrons. The molecule has 2 aliphatic heterocycles. The number of sulfonamides is 1. The van der Waals surface area contributed by atoms with Crippen LogP contribution in [0.25, 0.3) is 0 Å². The minimum absolute atomic E-state index is 0.0866. The second-order valence-electron chi connectivity index (χ2n) is 6.70. The van der Waals surface area contributed by atoms with Crippen LogP contribution in [0.4, 0.5) is 13.2 Å². The fraction of sp³-hybridized carbons (Fsp3) is 0.368. The standard InChI is InChI=1S/C19H18F3NO5S/c20-19(21,22)28-14-4-6-15(7-5-14)29(24,25)23-9-1-2-16(23)13-3-8-17-18(12-13)27-11-10-26-17/h3-8,12,16H,1-2,9-11H2. The molecule has 2 aromatic rings. The summed E-state index contributed by atoms with van der Waals surface area (Å²) in [6, 6.07) is 9.20. The first-order valence-corrected chi connectivity index (χ1v) is 10.5. The molecule has 0 spiro atoms. The molecule has 0 N–H and O–H groups in total. The Hall–Kier alpha value is -2.46. The van der Waals surface area contributed by atoms with Crippen molar-refractivity contribution in [1.82, 2.24) is 4.31 Å². The molecule has 1 saturated heterocycles. The number of hydrogen-bond acceptors (Lipinski definition) is 5. The van der Waals surface area contributed by atoms with Crippen LogP contribution in [0.15, 0.2) is 47.4 Å². The highest BCUT2D eigenvalue weighted by atomic mass is 32.2. The van der Waals surface area contributed by atoms with E-state index in [1.165, 1.54) is 4.31 Å². The Bertz CT molecular complexity index is 992. The lowest BCUT2D eigenvalue weighted by Crippen LogP contribution is -2.30. The number of nitrogens with zero attached hydrogens (tertiary/aromatic N) is 1. The molecule has 1 unspecified atom stereocenters. The average Bonchev–Trinajstić information content (AvgIpc) is 3.17. The Morgan fingerprint density at radius 1 is 1.00 bits per heavy atom. The van der Waals surface area contributed by atoms with Crippen molar-refractivity contribution >= 4 is 10.0 Å². The van der Waals surface area contributed by atoms with E-state index < -0.39 is 22.1 Å². The summed E-state index contributed by atoms with van der Waals surface area (Å²) in [7, 11) is -3.89. The van der Waals surface area contributed by atoms with Gasteiger partial charge in [-0.3, -0.25) is 0 Å². The first-order valence-electron chi connectivity index (χ1n) is 9.01. The zero-order valence-electron chi connectivity index (χ0n) is 15.2. The largest absolute Gasteiger partial charge is 0.573 e. The molecule has 156 valence electrons. The van der Waals surface area contributed by atoms with Crippen LogP contribution in [0.2, 0.25) is 0 Å². The zero-order valence-corrected chi connectivity index (χ0v) is 16.0. The van der Waals surface area contributed by atoms with E-state index in [0.29, 0.717) is 44.1 Å². The molecule has 0 saturated carbocycles. The molecular formula is C19H18F3NO5S. The number of alkyl halides is 3. The topological polar surface area (TPSA) is 65.1 Å². The maximum Gasteiger partial charge on any atom is 0.573 e. The molecule has 0 bridgehead atoms. The van der Waals surface area contributed by atoms with Crippen LogP contribution in [0, 0.1) is 0 Å². The van der Waals surface area contributed by atoms with Gasteiger partial charge in [-0.15, -0.1) is 13.2 Å². The normalized spacial score (nSPS) is 19.9. The third kappa shape index (κ3) is 4.13. The molecule has 2 heterocycles. The van der Waals surface area contributed by atoms with Gasteiger partial charge in [-0.25, -0.2) is 8.42 Å². The number of halogens is 3. The van der Waals surface area contributed by atoms with Crippen molar-refractivity contribution in [3.63, 3.8) is 0 Å². The molecule has 0 aromatic heterocycles. The van der Waals surface area contributed by atoms with E-state index >= 15 is 0 Å². The molecule has 10 heteroatoms. The van der Waals surface area contributed by atoms with Crippen LogP contribution in [0.3, 0.4) is 0 Å². The molecule has 1 atom stereocenters. The Labute approximate surface area is 165 Å². The van der Waals surface area contributed by atoms with Crippen LogP contribution < -0.4 is 14.2 Å². The van der Waals surface area contributed by atoms with Gasteiger partial charge in [0.2, 0.25) is 10.0 Å². The van der Waals surface area contributed by atoms with Gasteiger partial charge >= 0.3 is 6.36 Å². The average molecular weight is 429 g/mol. The van der Waals surface area contributed by atoms with Gasteiger partial charge < -0.3 is 14.2 Å². The second kappa shape index (κ2) is 7.42. The Morgan fingerprint density at radius 2 is 1.69 bits per heavy atom. The van der Waals surface area contributed by atoms with Gasteiger partial charge in [0.05, 0.1) is 10.9 Å². The van der Waals surface area contributed by atoms with Crippen molar-refractivity contribution in [2.75, 3.05) is 19.8 Å². The van der Waals surface area contributed by atoms with Crippen molar-refractivity contribution < 1.29 is 35.8 Å². The molecular weight excluding hydrogens is 411 g/mol. The third-order valence-corrected chi connectivity index (χ3v) is 6.74. The number of ether oxygens (including phenoxy) is 3. The van der Waals surface area contributed by atoms with E-state index in [1.807, 2.05) is 6.07 Å². The summed E-state index contributed by atoms with van der Waals surface area (Å²) in [6.45, 7) is 1.21. The second-order valence-corrected chi connectivity index (χ2v) is 8.59. The van der Waals surface area contributed by atoms with E-state index in [4.69, 9.17) is 9.47 Å². The summed E-state index contributed by atoms with van der Waals surface area (Å²) < 4.78 is 79.4. The Kier molecular flexibility index (Phi) is 5.07. The highest BCUT2D eigenvalue weighted by Crippen LogP contribution is 2.40. The van der Waals surface area contributed by atoms with Crippen LogP contribution in [-0.4, -0.2) is 38.8 Å². The number of rotatable bonds is 4. The van der Waals surface area contributed by atoms with Crippen LogP contribution in [0.5, 0.6) is 17.2 Å². The lowest BCUT2D eigenvalue weighted by molar-refractivity contribution is -0.274. The van der Waals surface area contributed by atoms with Crippen LogP contribution >= 0.6 is 0 Å². The lowest BCUT2D eigenvalue weighted by atomic mass is 10.0. The van der Waals surface area contributed by atoms with Gasteiger partial charge in [0.15, 0.2) is 11.5 Å². The highest BCUT2D eigenvalue weighted by molar-refractivity contribution is 7.89. The number of hydrogen-bond donors (Lipinski definition) is 0. The van der Waals surface area contributed by atoms with Gasteiger partial charge in [-0.1, -0.05) is 6.07 Å². The molecule has 4 rings (SSSR count). The summed E-state index contributed by atoms with van der Waals surface area (Å²) in [6.07, 6.45) is -3.53. The molecule has 6 nitrogen and oxygen atoms in total. The summed E-state index contributed by atoms with van der Waals surface area (Å²) in [5.41, 5.74) is 0.785. The van der Waals surface area contributed by atoms with Crippen LogP contribution in [0.1, 0.15) is 24.4 Å². The zero-order chi connectivity index (χ0) is 20.6. The number of benzene rings is 2. The predicted octanol–water partition coefficient (Wildman–Crippen LogP) is 3.88. The molecule has 2 aromatic carbocycles. The van der Waals surface area contributed by atoms with Crippen LogP contribution in [-0.2, 0) is 10.0 Å². The van der Waals surface area contributed by atoms with Gasteiger partial charge in [-0.2, -0.15) is 4.31 Å². The van der Waals surface area contributed by atoms with Gasteiger partial charge in [-0.05, 0) is 54.8 Å². The summed E-state index contributed by atoms with van der Waals surface area (Å²) >= 11 is 0. The first-order chi connectivity index (χ1) is 13.7. The van der Waals surface area contributed by atoms with E-state index in [9.17, 15) is 21.6 Å². The van der Waals surface area contributed by atoms with E-state index in [-0.39, 0.29) is 10.9 Å². The fourth-order valence-electron chi connectivity index (χ4n) is 3.58. The lowest BCUT2D eigenvalue weighted by Gasteiger charge is -2.26. The molecule has 0 amide bonds. The smallest absolute Gasteiger partial charge is 0.486 e. The van der Waals surface area contributed by atoms with E-state index in [0.717, 1.165) is 29.8 Å². The molecule has 2 aliphatic rings. The minimum atomic E-state index is -4.83. The van der Waals surface area contributed by atoms with Crippen molar-refractivity contribution in [3.05, 3.63) is 48.0 Å². The summed E-state index contributed by atoms with van der Waals surface area (Å²) in [5.74, 6) is 0.723. The summed E-state index contributed by atoms with van der Waals surface area (Å²) in [4.78, 5) is -0.0866. The molecule has 0 aliphatic carbocycles. The maximum absolute atomic E-state index is 13.1. The molecule has 1 fully saturated rings.